The van der Waals surface area contributed by atoms with Crippen molar-refractivity contribution in [2.24, 2.45) is 0 Å². The van der Waals surface area contributed by atoms with Crippen LogP contribution >= 0.6 is 0 Å². The van der Waals surface area contributed by atoms with Crippen LogP contribution in [0.2, 0.25) is 0 Å². The molecule has 0 bridgehead atoms. The SMILES string of the molecule is CN(C)CCC(=O)NC1(c2ccccc2)CCCCC1. The molecular weight excluding hydrogens is 248 g/mol. The highest BCUT2D eigenvalue weighted by Crippen LogP contribution is 2.37. The van der Waals surface area contributed by atoms with Crippen molar-refractivity contribution in [2.75, 3.05) is 20.6 Å². The zero-order valence-electron chi connectivity index (χ0n) is 12.7. The highest BCUT2D eigenvalue weighted by Gasteiger charge is 2.34. The summed E-state index contributed by atoms with van der Waals surface area (Å²) in [5, 5.41) is 3.34. The smallest absolute Gasteiger partial charge is 0.221 e. The Morgan fingerprint density at radius 2 is 1.80 bits per heavy atom. The summed E-state index contributed by atoms with van der Waals surface area (Å²) in [5.41, 5.74) is 1.13. The molecule has 1 fully saturated rings. The van der Waals surface area contributed by atoms with Crippen molar-refractivity contribution in [1.29, 1.82) is 0 Å². The van der Waals surface area contributed by atoms with Gasteiger partial charge in [-0.05, 0) is 32.5 Å². The molecule has 1 aromatic rings. The van der Waals surface area contributed by atoms with Crippen LogP contribution in [0.4, 0.5) is 0 Å². The van der Waals surface area contributed by atoms with Gasteiger partial charge in [0.05, 0.1) is 5.54 Å². The maximum absolute atomic E-state index is 12.3. The third-order valence-electron chi connectivity index (χ3n) is 4.20. The van der Waals surface area contributed by atoms with Gasteiger partial charge in [-0.15, -0.1) is 0 Å². The van der Waals surface area contributed by atoms with Crippen LogP contribution in [0.5, 0.6) is 0 Å². The number of carbonyl (C=O) groups is 1. The number of hydrogen-bond donors (Lipinski definition) is 1. The van der Waals surface area contributed by atoms with Crippen LogP contribution in [-0.2, 0) is 10.3 Å². The molecule has 110 valence electrons. The first-order chi connectivity index (χ1) is 9.62. The second kappa shape index (κ2) is 6.89. The van der Waals surface area contributed by atoms with E-state index < -0.39 is 0 Å². The standard InChI is InChI=1S/C17H26N2O/c1-19(2)14-11-16(20)18-17(12-7-4-8-13-17)15-9-5-3-6-10-15/h3,5-6,9-10H,4,7-8,11-14H2,1-2H3,(H,18,20). The number of rotatable bonds is 5. The van der Waals surface area contributed by atoms with Crippen LogP contribution in [0.1, 0.15) is 44.1 Å². The largest absolute Gasteiger partial charge is 0.347 e. The number of benzene rings is 1. The van der Waals surface area contributed by atoms with Crippen LogP contribution < -0.4 is 5.32 Å². The topological polar surface area (TPSA) is 32.3 Å². The Kier molecular flexibility index (Phi) is 5.18. The Morgan fingerprint density at radius 1 is 1.15 bits per heavy atom. The summed E-state index contributed by atoms with van der Waals surface area (Å²) >= 11 is 0. The third kappa shape index (κ3) is 3.83. The maximum Gasteiger partial charge on any atom is 0.221 e. The van der Waals surface area contributed by atoms with Gasteiger partial charge in [-0.1, -0.05) is 49.6 Å². The lowest BCUT2D eigenvalue weighted by molar-refractivity contribution is -0.123. The van der Waals surface area contributed by atoms with Crippen molar-refractivity contribution in [1.82, 2.24) is 10.2 Å². The van der Waals surface area contributed by atoms with E-state index in [2.05, 4.69) is 34.5 Å². The summed E-state index contributed by atoms with van der Waals surface area (Å²) < 4.78 is 0. The van der Waals surface area contributed by atoms with Gasteiger partial charge in [0.25, 0.3) is 0 Å². The average Bonchev–Trinajstić information content (AvgIpc) is 2.47. The van der Waals surface area contributed by atoms with E-state index in [0.717, 1.165) is 19.4 Å². The second-order valence-electron chi connectivity index (χ2n) is 6.11. The van der Waals surface area contributed by atoms with Crippen LogP contribution in [0.3, 0.4) is 0 Å². The Hall–Kier alpha value is -1.35. The summed E-state index contributed by atoms with van der Waals surface area (Å²) in [7, 11) is 4.00. The molecule has 3 heteroatoms. The highest BCUT2D eigenvalue weighted by atomic mass is 16.1. The molecule has 1 aliphatic rings. The van der Waals surface area contributed by atoms with Gasteiger partial charge in [0.2, 0.25) is 5.91 Å². The molecule has 0 spiro atoms. The van der Waals surface area contributed by atoms with Crippen molar-refractivity contribution < 1.29 is 4.79 Å². The highest BCUT2D eigenvalue weighted by molar-refractivity contribution is 5.77. The molecule has 0 atom stereocenters. The van der Waals surface area contributed by atoms with Crippen molar-refractivity contribution in [3.8, 4) is 0 Å². The summed E-state index contributed by atoms with van der Waals surface area (Å²) in [6.45, 7) is 0.802. The number of carbonyl (C=O) groups excluding carboxylic acids is 1. The van der Waals surface area contributed by atoms with Crippen molar-refractivity contribution in [3.63, 3.8) is 0 Å². The predicted molar refractivity (Wildman–Crippen MR) is 82.5 cm³/mol. The van der Waals surface area contributed by atoms with E-state index in [-0.39, 0.29) is 11.4 Å². The van der Waals surface area contributed by atoms with E-state index in [0.29, 0.717) is 6.42 Å². The van der Waals surface area contributed by atoms with Gasteiger partial charge in [-0.2, -0.15) is 0 Å². The lowest BCUT2D eigenvalue weighted by atomic mass is 9.76. The minimum absolute atomic E-state index is 0.136. The van der Waals surface area contributed by atoms with Crippen molar-refractivity contribution >= 4 is 5.91 Å². The third-order valence-corrected chi connectivity index (χ3v) is 4.20. The van der Waals surface area contributed by atoms with E-state index in [1.807, 2.05) is 20.2 Å². The molecule has 0 radical (unpaired) electrons. The maximum atomic E-state index is 12.3. The first-order valence-electron chi connectivity index (χ1n) is 7.64. The average molecular weight is 274 g/mol. The van der Waals surface area contributed by atoms with E-state index in [9.17, 15) is 4.79 Å². The second-order valence-corrected chi connectivity index (χ2v) is 6.11. The fourth-order valence-corrected chi connectivity index (χ4v) is 3.05. The zero-order chi connectivity index (χ0) is 14.4. The lowest BCUT2D eigenvalue weighted by Crippen LogP contribution is -2.47. The molecule has 3 nitrogen and oxygen atoms in total. The molecule has 1 aliphatic carbocycles. The molecule has 2 rings (SSSR count). The Balaban J connectivity index is 2.10. The fraction of sp³-hybridized carbons (Fsp3) is 0.588. The summed E-state index contributed by atoms with van der Waals surface area (Å²) in [6.07, 6.45) is 6.37. The predicted octanol–water partition coefficient (Wildman–Crippen LogP) is 2.91. The van der Waals surface area contributed by atoms with Crippen LogP contribution in [0.15, 0.2) is 30.3 Å². The van der Waals surface area contributed by atoms with Gasteiger partial charge in [0, 0.05) is 13.0 Å². The molecule has 20 heavy (non-hydrogen) atoms. The van der Waals surface area contributed by atoms with Crippen LogP contribution in [0, 0.1) is 0 Å². The summed E-state index contributed by atoms with van der Waals surface area (Å²) in [4.78, 5) is 14.3. The number of amides is 1. The Bertz CT molecular complexity index is 422. The van der Waals surface area contributed by atoms with E-state index in [1.54, 1.807) is 0 Å². The van der Waals surface area contributed by atoms with Gasteiger partial charge in [0.1, 0.15) is 0 Å². The minimum atomic E-state index is -0.136. The van der Waals surface area contributed by atoms with E-state index in [1.165, 1.54) is 24.8 Å². The lowest BCUT2D eigenvalue weighted by Gasteiger charge is -2.39. The van der Waals surface area contributed by atoms with Crippen LogP contribution in [0.25, 0.3) is 0 Å². The van der Waals surface area contributed by atoms with Gasteiger partial charge < -0.3 is 10.2 Å². The zero-order valence-corrected chi connectivity index (χ0v) is 12.7. The summed E-state index contributed by atoms with van der Waals surface area (Å²) in [5.74, 6) is 0.171. The molecule has 0 heterocycles. The molecule has 1 aromatic carbocycles. The molecule has 1 N–H and O–H groups in total. The molecule has 1 saturated carbocycles. The van der Waals surface area contributed by atoms with Gasteiger partial charge in [-0.25, -0.2) is 0 Å². The number of nitrogens with one attached hydrogen (secondary N) is 1. The monoisotopic (exact) mass is 274 g/mol. The van der Waals surface area contributed by atoms with Crippen molar-refractivity contribution in [3.05, 3.63) is 35.9 Å². The molecule has 0 aliphatic heterocycles. The van der Waals surface area contributed by atoms with Crippen molar-refractivity contribution in [2.45, 2.75) is 44.1 Å². The van der Waals surface area contributed by atoms with Gasteiger partial charge >= 0.3 is 0 Å². The molecule has 1 amide bonds. The first kappa shape index (κ1) is 15.0. The van der Waals surface area contributed by atoms with E-state index >= 15 is 0 Å². The normalized spacial score (nSPS) is 17.9. The minimum Gasteiger partial charge on any atom is -0.347 e. The van der Waals surface area contributed by atoms with Crippen LogP contribution in [-0.4, -0.2) is 31.4 Å². The molecule has 0 aromatic heterocycles. The molecule has 0 saturated heterocycles. The van der Waals surface area contributed by atoms with Gasteiger partial charge in [0.15, 0.2) is 0 Å². The Labute approximate surface area is 122 Å². The van der Waals surface area contributed by atoms with E-state index in [4.69, 9.17) is 0 Å². The number of nitrogens with zero attached hydrogens (tertiary/aromatic N) is 1. The summed E-state index contributed by atoms with van der Waals surface area (Å²) in [6, 6.07) is 10.5. The molecule has 0 unspecified atom stereocenters. The fourth-order valence-electron chi connectivity index (χ4n) is 3.05. The molecular formula is C17H26N2O. The quantitative estimate of drug-likeness (QED) is 0.895. The van der Waals surface area contributed by atoms with Gasteiger partial charge in [-0.3, -0.25) is 4.79 Å². The first-order valence-corrected chi connectivity index (χ1v) is 7.64. The Morgan fingerprint density at radius 3 is 2.40 bits per heavy atom. The number of hydrogen-bond acceptors (Lipinski definition) is 2.